The highest BCUT2D eigenvalue weighted by atomic mass is 16.5. The lowest BCUT2D eigenvalue weighted by atomic mass is 10.1. The third-order valence-corrected chi connectivity index (χ3v) is 3.21. The first-order valence-electron chi connectivity index (χ1n) is 6.19. The number of amides is 1. The first-order chi connectivity index (χ1) is 9.17. The zero-order valence-electron chi connectivity index (χ0n) is 10.5. The van der Waals surface area contributed by atoms with Crippen molar-refractivity contribution in [2.24, 2.45) is 0 Å². The molecule has 3 rings (SSSR count). The Morgan fingerprint density at radius 2 is 2.16 bits per heavy atom. The third kappa shape index (κ3) is 2.31. The van der Waals surface area contributed by atoms with Crippen LogP contribution in [-0.4, -0.2) is 24.0 Å². The van der Waals surface area contributed by atoms with Gasteiger partial charge in [0, 0.05) is 11.4 Å². The second kappa shape index (κ2) is 4.42. The minimum atomic E-state index is -0.263. The van der Waals surface area contributed by atoms with Gasteiger partial charge in [0.2, 0.25) is 0 Å². The topological polar surface area (TPSA) is 71.2 Å². The predicted octanol–water partition coefficient (Wildman–Crippen LogP) is 1.43. The zero-order chi connectivity index (χ0) is 13.4. The number of ether oxygens (including phenoxy) is 1. The van der Waals surface area contributed by atoms with Crippen molar-refractivity contribution in [1.82, 2.24) is 10.3 Å². The molecule has 1 amide bonds. The molecule has 0 atom stereocenters. The average molecular weight is 258 g/mol. The van der Waals surface area contributed by atoms with Crippen molar-refractivity contribution in [2.75, 3.05) is 7.11 Å². The molecular weight excluding hydrogens is 244 g/mol. The minimum absolute atomic E-state index is 0.232. The summed E-state index contributed by atoms with van der Waals surface area (Å²) in [7, 11) is 1.56. The maximum Gasteiger partial charge on any atom is 0.268 e. The van der Waals surface area contributed by atoms with E-state index in [1.807, 2.05) is 0 Å². The van der Waals surface area contributed by atoms with Crippen LogP contribution in [-0.2, 0) is 0 Å². The molecule has 0 bridgehead atoms. The maximum atomic E-state index is 11.9. The Labute approximate surface area is 109 Å². The van der Waals surface area contributed by atoms with Crippen molar-refractivity contribution < 1.29 is 9.53 Å². The number of fused-ring (bicyclic) bond motifs is 1. The lowest BCUT2D eigenvalue weighted by Crippen LogP contribution is -2.28. The molecule has 19 heavy (non-hydrogen) atoms. The number of hydrogen-bond acceptors (Lipinski definition) is 3. The molecule has 1 aliphatic carbocycles. The normalized spacial score (nSPS) is 14.4. The number of methoxy groups -OCH3 is 1. The van der Waals surface area contributed by atoms with Gasteiger partial charge in [-0.1, -0.05) is 0 Å². The molecule has 2 N–H and O–H groups in total. The van der Waals surface area contributed by atoms with Crippen LogP contribution in [0.3, 0.4) is 0 Å². The molecule has 1 aromatic carbocycles. The summed E-state index contributed by atoms with van der Waals surface area (Å²) in [4.78, 5) is 26.5. The van der Waals surface area contributed by atoms with Gasteiger partial charge < -0.3 is 15.0 Å². The zero-order valence-corrected chi connectivity index (χ0v) is 10.5. The summed E-state index contributed by atoms with van der Waals surface area (Å²) in [6.07, 6.45) is 2.02. The second-order valence-corrected chi connectivity index (χ2v) is 4.71. The average Bonchev–Trinajstić information content (AvgIpc) is 3.21. The summed E-state index contributed by atoms with van der Waals surface area (Å²) in [5.74, 6) is 0.427. The number of nitrogens with one attached hydrogen (secondary N) is 2. The second-order valence-electron chi connectivity index (χ2n) is 4.71. The van der Waals surface area contributed by atoms with Crippen LogP contribution in [0, 0.1) is 0 Å². The molecule has 1 heterocycles. The van der Waals surface area contributed by atoms with Crippen molar-refractivity contribution >= 4 is 16.7 Å². The molecule has 2 aromatic rings. The van der Waals surface area contributed by atoms with E-state index in [4.69, 9.17) is 4.74 Å². The monoisotopic (exact) mass is 258 g/mol. The summed E-state index contributed by atoms with van der Waals surface area (Å²) >= 11 is 0. The number of pyridine rings is 1. The summed E-state index contributed by atoms with van der Waals surface area (Å²) in [6, 6.07) is 7.10. The van der Waals surface area contributed by atoms with E-state index in [1.54, 1.807) is 31.4 Å². The van der Waals surface area contributed by atoms with Crippen molar-refractivity contribution in [3.05, 3.63) is 40.3 Å². The van der Waals surface area contributed by atoms with E-state index in [2.05, 4.69) is 10.3 Å². The molecule has 5 nitrogen and oxygen atoms in total. The molecule has 5 heteroatoms. The number of aromatic nitrogens is 1. The molecule has 98 valence electrons. The van der Waals surface area contributed by atoms with Crippen LogP contribution < -0.4 is 15.6 Å². The van der Waals surface area contributed by atoms with Gasteiger partial charge in [0.15, 0.2) is 0 Å². The van der Waals surface area contributed by atoms with Crippen LogP contribution in [0.25, 0.3) is 10.8 Å². The fraction of sp³-hybridized carbons (Fsp3) is 0.286. The number of hydrogen-bond donors (Lipinski definition) is 2. The molecule has 0 saturated heterocycles. The summed E-state index contributed by atoms with van der Waals surface area (Å²) < 4.78 is 5.12. The largest absolute Gasteiger partial charge is 0.497 e. The predicted molar refractivity (Wildman–Crippen MR) is 71.6 cm³/mol. The van der Waals surface area contributed by atoms with Gasteiger partial charge in [-0.05, 0) is 42.5 Å². The fourth-order valence-corrected chi connectivity index (χ4v) is 1.99. The smallest absolute Gasteiger partial charge is 0.268 e. The van der Waals surface area contributed by atoms with Gasteiger partial charge in [-0.15, -0.1) is 0 Å². The van der Waals surface area contributed by atoms with Gasteiger partial charge in [0.05, 0.1) is 7.11 Å². The van der Waals surface area contributed by atoms with Gasteiger partial charge in [0.25, 0.3) is 11.5 Å². The van der Waals surface area contributed by atoms with Gasteiger partial charge in [0.1, 0.15) is 11.4 Å². The third-order valence-electron chi connectivity index (χ3n) is 3.21. The lowest BCUT2D eigenvalue weighted by Gasteiger charge is -2.06. The van der Waals surface area contributed by atoms with E-state index in [-0.39, 0.29) is 23.2 Å². The van der Waals surface area contributed by atoms with Crippen LogP contribution in [0.5, 0.6) is 5.75 Å². The van der Waals surface area contributed by atoms with E-state index < -0.39 is 0 Å². The highest BCUT2D eigenvalue weighted by Crippen LogP contribution is 2.21. The molecule has 1 saturated carbocycles. The van der Waals surface area contributed by atoms with Crippen molar-refractivity contribution in [3.63, 3.8) is 0 Å². The Bertz CT molecular complexity index is 701. The number of carbonyl (C=O) groups is 1. The van der Waals surface area contributed by atoms with Crippen molar-refractivity contribution in [2.45, 2.75) is 18.9 Å². The number of aromatic amines is 1. The van der Waals surface area contributed by atoms with Crippen LogP contribution in [0.4, 0.5) is 0 Å². The molecule has 0 aliphatic heterocycles. The van der Waals surface area contributed by atoms with Crippen LogP contribution in [0.2, 0.25) is 0 Å². The number of H-pyrrole nitrogens is 1. The maximum absolute atomic E-state index is 11.9. The van der Waals surface area contributed by atoms with Gasteiger partial charge in [-0.2, -0.15) is 0 Å². The molecule has 0 unspecified atom stereocenters. The highest BCUT2D eigenvalue weighted by Gasteiger charge is 2.24. The van der Waals surface area contributed by atoms with Gasteiger partial charge in [-0.25, -0.2) is 0 Å². The molecule has 0 spiro atoms. The van der Waals surface area contributed by atoms with Crippen LogP contribution in [0.1, 0.15) is 23.3 Å². The molecule has 0 radical (unpaired) electrons. The first-order valence-corrected chi connectivity index (χ1v) is 6.19. The standard InChI is InChI=1S/C14H14N2O3/c1-19-10-4-5-11-8(6-10)7-12(16-13(11)17)14(18)15-9-2-3-9/h4-7,9H,2-3H2,1H3,(H,15,18)(H,16,17). The molecule has 1 aliphatic rings. The van der Waals surface area contributed by atoms with Crippen molar-refractivity contribution in [1.29, 1.82) is 0 Å². The Morgan fingerprint density at radius 3 is 2.84 bits per heavy atom. The van der Waals surface area contributed by atoms with Crippen LogP contribution >= 0.6 is 0 Å². The van der Waals surface area contributed by atoms with Crippen molar-refractivity contribution in [3.8, 4) is 5.75 Å². The summed E-state index contributed by atoms with van der Waals surface area (Å²) in [6.45, 7) is 0. The number of benzene rings is 1. The SMILES string of the molecule is COc1ccc2c(=O)[nH]c(C(=O)NC3CC3)cc2c1. The highest BCUT2D eigenvalue weighted by molar-refractivity contribution is 5.96. The lowest BCUT2D eigenvalue weighted by molar-refractivity contribution is 0.0946. The molecule has 1 aromatic heterocycles. The summed E-state index contributed by atoms with van der Waals surface area (Å²) in [5, 5.41) is 4.09. The summed E-state index contributed by atoms with van der Waals surface area (Å²) in [5.41, 5.74) is 0.0266. The Balaban J connectivity index is 2.05. The quantitative estimate of drug-likeness (QED) is 0.874. The van der Waals surface area contributed by atoms with E-state index in [1.165, 1.54) is 0 Å². The first kappa shape index (κ1) is 11.8. The van der Waals surface area contributed by atoms with E-state index in [9.17, 15) is 9.59 Å². The van der Waals surface area contributed by atoms with E-state index in [0.29, 0.717) is 16.5 Å². The minimum Gasteiger partial charge on any atom is -0.497 e. The van der Waals surface area contributed by atoms with Gasteiger partial charge in [-0.3, -0.25) is 9.59 Å². The number of carbonyl (C=O) groups excluding carboxylic acids is 1. The fourth-order valence-electron chi connectivity index (χ4n) is 1.99. The van der Waals surface area contributed by atoms with E-state index >= 15 is 0 Å². The van der Waals surface area contributed by atoms with Crippen LogP contribution in [0.15, 0.2) is 29.1 Å². The Kier molecular flexibility index (Phi) is 2.74. The Hall–Kier alpha value is -2.30. The number of rotatable bonds is 3. The Morgan fingerprint density at radius 1 is 1.37 bits per heavy atom. The van der Waals surface area contributed by atoms with Gasteiger partial charge >= 0.3 is 0 Å². The molecule has 1 fully saturated rings. The molecular formula is C14H14N2O3. The van der Waals surface area contributed by atoms with E-state index in [0.717, 1.165) is 12.8 Å².